The van der Waals surface area contributed by atoms with E-state index in [0.29, 0.717) is 0 Å². The molecule has 0 saturated carbocycles. The van der Waals surface area contributed by atoms with Gasteiger partial charge in [0.2, 0.25) is 0 Å². The van der Waals surface area contributed by atoms with Crippen molar-refractivity contribution in [2.45, 2.75) is 20.8 Å². The average Bonchev–Trinajstić information content (AvgIpc) is 1.87. The second-order valence-electron chi connectivity index (χ2n) is 2.06. The Morgan fingerprint density at radius 1 is 1.29 bits per heavy atom. The monoisotopic (exact) mass is 234 g/mol. The maximum atomic E-state index is 10.2. The summed E-state index contributed by atoms with van der Waals surface area (Å²) in [6.07, 6.45) is 1.61. The van der Waals surface area contributed by atoms with E-state index in [0.717, 1.165) is 5.57 Å². The average molecular weight is 234 g/mol. The SMILES string of the molecule is C=O.CC(=O)C=C(C)C.O=S(O)O.[H-].[Na+]. The van der Waals surface area contributed by atoms with Crippen LogP contribution in [0, 0.1) is 0 Å². The molecule has 7 heteroatoms. The summed E-state index contributed by atoms with van der Waals surface area (Å²) in [5.74, 6) is 0.125. The standard InChI is InChI=1S/C6H10O.CH2O.Na.H2O3S.H/c1-5(2)4-6(3)7;1-2;;1-4(2)3;/h4H,1-3H3;1H2;;(H2,1,2,3);/q;;+1;;-1. The summed E-state index contributed by atoms with van der Waals surface area (Å²) < 4.78 is 22.8. The largest absolute Gasteiger partial charge is 1.00 e. The van der Waals surface area contributed by atoms with Gasteiger partial charge in [0.25, 0.3) is 11.4 Å². The van der Waals surface area contributed by atoms with Gasteiger partial charge in [0.15, 0.2) is 5.78 Å². The van der Waals surface area contributed by atoms with Gasteiger partial charge in [-0.25, -0.2) is 0 Å². The Bertz CT molecular complexity index is 190. The minimum atomic E-state index is -2.61. The van der Waals surface area contributed by atoms with Crippen LogP contribution in [0.25, 0.3) is 0 Å². The van der Waals surface area contributed by atoms with E-state index in [9.17, 15) is 4.79 Å². The molecule has 0 aromatic rings. The van der Waals surface area contributed by atoms with E-state index in [4.69, 9.17) is 18.1 Å². The molecule has 0 bridgehead atoms. The third-order valence-electron chi connectivity index (χ3n) is 0.492. The zero-order valence-corrected chi connectivity index (χ0v) is 11.6. The topological polar surface area (TPSA) is 91.7 Å². The summed E-state index contributed by atoms with van der Waals surface area (Å²) in [4.78, 5) is 18.2. The zero-order valence-electron chi connectivity index (χ0n) is 9.81. The van der Waals surface area contributed by atoms with Crippen LogP contribution in [0.2, 0.25) is 0 Å². The molecular formula is C7H15NaO5S. The summed E-state index contributed by atoms with van der Waals surface area (Å²) in [6, 6.07) is 0. The second-order valence-corrected chi connectivity index (χ2v) is 2.52. The van der Waals surface area contributed by atoms with Gasteiger partial charge in [-0.15, -0.1) is 0 Å². The molecule has 0 aromatic carbocycles. The van der Waals surface area contributed by atoms with Crippen molar-refractivity contribution < 1.29 is 53.9 Å². The van der Waals surface area contributed by atoms with Crippen molar-refractivity contribution in [3.8, 4) is 0 Å². The van der Waals surface area contributed by atoms with Crippen molar-refractivity contribution >= 4 is 23.9 Å². The van der Waals surface area contributed by atoms with Crippen molar-refractivity contribution in [1.29, 1.82) is 0 Å². The Morgan fingerprint density at radius 2 is 1.50 bits per heavy atom. The summed E-state index contributed by atoms with van der Waals surface area (Å²) in [5.41, 5.74) is 1.06. The second kappa shape index (κ2) is 18.8. The van der Waals surface area contributed by atoms with Crippen LogP contribution in [0.1, 0.15) is 22.2 Å². The van der Waals surface area contributed by atoms with Crippen LogP contribution in [0.4, 0.5) is 0 Å². The molecule has 5 nitrogen and oxygen atoms in total. The van der Waals surface area contributed by atoms with E-state index < -0.39 is 11.4 Å². The van der Waals surface area contributed by atoms with Gasteiger partial charge < -0.3 is 6.22 Å². The minimum absolute atomic E-state index is 0. The zero-order chi connectivity index (χ0) is 11.4. The predicted molar refractivity (Wildman–Crippen MR) is 51.7 cm³/mol. The molecule has 0 aliphatic rings. The first kappa shape index (κ1) is 23.8. The van der Waals surface area contributed by atoms with Gasteiger partial charge in [0, 0.05) is 0 Å². The van der Waals surface area contributed by atoms with Gasteiger partial charge in [-0.2, -0.15) is 4.21 Å². The van der Waals surface area contributed by atoms with Crippen LogP contribution in [0.15, 0.2) is 11.6 Å². The fraction of sp³-hybridized carbons (Fsp3) is 0.429. The van der Waals surface area contributed by atoms with E-state index in [-0.39, 0.29) is 36.8 Å². The number of hydrogen-bond donors (Lipinski definition) is 2. The number of carbonyl (C=O) groups excluding carboxylic acids is 2. The summed E-state index contributed by atoms with van der Waals surface area (Å²) in [6.45, 7) is 7.36. The maximum Gasteiger partial charge on any atom is 1.00 e. The minimum Gasteiger partial charge on any atom is -1.00 e. The molecule has 0 amide bonds. The molecule has 0 saturated heterocycles. The van der Waals surface area contributed by atoms with E-state index in [2.05, 4.69) is 0 Å². The number of hydrogen-bond acceptors (Lipinski definition) is 3. The molecule has 0 aliphatic carbocycles. The van der Waals surface area contributed by atoms with Gasteiger partial charge in [-0.05, 0) is 26.8 Å². The van der Waals surface area contributed by atoms with Gasteiger partial charge in [0.1, 0.15) is 6.79 Å². The van der Waals surface area contributed by atoms with Crippen molar-refractivity contribution in [2.75, 3.05) is 0 Å². The van der Waals surface area contributed by atoms with Crippen molar-refractivity contribution in [3.05, 3.63) is 11.6 Å². The smallest absolute Gasteiger partial charge is 1.00 e. The number of rotatable bonds is 1. The van der Waals surface area contributed by atoms with Crippen LogP contribution in [0.5, 0.6) is 0 Å². The first-order chi connectivity index (χ1) is 5.86. The molecular weight excluding hydrogens is 219 g/mol. The van der Waals surface area contributed by atoms with Gasteiger partial charge >= 0.3 is 29.6 Å². The molecule has 0 atom stereocenters. The van der Waals surface area contributed by atoms with E-state index in [1.165, 1.54) is 0 Å². The molecule has 0 aromatic heterocycles. The number of allylic oxidation sites excluding steroid dienone is 2. The molecule has 2 N–H and O–H groups in total. The number of carbonyl (C=O) groups is 2. The maximum absolute atomic E-state index is 10.2. The van der Waals surface area contributed by atoms with Gasteiger partial charge in [-0.3, -0.25) is 13.9 Å². The van der Waals surface area contributed by atoms with Crippen molar-refractivity contribution in [1.82, 2.24) is 0 Å². The molecule has 0 radical (unpaired) electrons. The molecule has 0 heterocycles. The Morgan fingerprint density at radius 3 is 1.50 bits per heavy atom. The molecule has 0 aliphatic heterocycles. The quantitative estimate of drug-likeness (QED) is 0.316. The van der Waals surface area contributed by atoms with Crippen LogP contribution < -0.4 is 29.6 Å². The fourth-order valence-electron chi connectivity index (χ4n) is 0.407. The van der Waals surface area contributed by atoms with E-state index >= 15 is 0 Å². The molecule has 0 fully saturated rings. The first-order valence-electron chi connectivity index (χ1n) is 3.10. The summed E-state index contributed by atoms with van der Waals surface area (Å²) >= 11 is -2.61. The van der Waals surface area contributed by atoms with Gasteiger partial charge in [0.05, 0.1) is 0 Å². The molecule has 0 rings (SSSR count). The Balaban J connectivity index is -0.0000000367. The molecule has 0 spiro atoms. The van der Waals surface area contributed by atoms with Crippen LogP contribution in [0.3, 0.4) is 0 Å². The van der Waals surface area contributed by atoms with Crippen molar-refractivity contribution in [3.63, 3.8) is 0 Å². The normalized spacial score (nSPS) is 6.71. The third kappa shape index (κ3) is 87.7. The van der Waals surface area contributed by atoms with Gasteiger partial charge in [-0.1, -0.05) is 5.57 Å². The number of ketones is 1. The van der Waals surface area contributed by atoms with E-state index in [1.807, 2.05) is 20.6 Å². The van der Waals surface area contributed by atoms with E-state index in [1.54, 1.807) is 13.0 Å². The van der Waals surface area contributed by atoms with Crippen molar-refractivity contribution in [2.24, 2.45) is 0 Å². The molecule has 14 heavy (non-hydrogen) atoms. The molecule has 0 unspecified atom stereocenters. The van der Waals surface area contributed by atoms with Crippen LogP contribution in [-0.4, -0.2) is 25.9 Å². The van der Waals surface area contributed by atoms with Crippen LogP contribution >= 0.6 is 0 Å². The summed E-state index contributed by atoms with van der Waals surface area (Å²) in [5, 5.41) is 0. The summed E-state index contributed by atoms with van der Waals surface area (Å²) in [7, 11) is 0. The Labute approximate surface area is 110 Å². The molecule has 80 valence electrons. The Hall–Kier alpha value is 0.150. The van der Waals surface area contributed by atoms with Crippen LogP contribution in [-0.2, 0) is 21.0 Å². The first-order valence-corrected chi connectivity index (χ1v) is 4.17. The predicted octanol–water partition coefficient (Wildman–Crippen LogP) is -1.85. The third-order valence-corrected chi connectivity index (χ3v) is 0.492. The fourth-order valence-corrected chi connectivity index (χ4v) is 0.407. The Kier molecular flexibility index (Phi) is 32.0.